The molecule has 2 aromatic heterocycles. The number of hydrogen-bond donors (Lipinski definition) is 1. The van der Waals surface area contributed by atoms with Crippen LogP contribution < -0.4 is 5.32 Å². The molecule has 0 bridgehead atoms. The van der Waals surface area contributed by atoms with Crippen LogP contribution in [0.25, 0.3) is 5.69 Å². The molecule has 0 aliphatic heterocycles. The molecule has 4 nitrogen and oxygen atoms in total. The highest BCUT2D eigenvalue weighted by Crippen LogP contribution is 2.11. The van der Waals surface area contributed by atoms with E-state index in [0.717, 1.165) is 24.3 Å². The van der Waals surface area contributed by atoms with E-state index in [1.54, 1.807) is 12.4 Å². The van der Waals surface area contributed by atoms with Gasteiger partial charge in [0.2, 0.25) is 0 Å². The lowest BCUT2D eigenvalue weighted by atomic mass is 10.2. The van der Waals surface area contributed by atoms with Gasteiger partial charge < -0.3 is 5.32 Å². The Labute approximate surface area is 89.0 Å². The monoisotopic (exact) mass is 202 g/mol. The van der Waals surface area contributed by atoms with Crippen LogP contribution in [0.2, 0.25) is 0 Å². The third kappa shape index (κ3) is 2.22. The van der Waals surface area contributed by atoms with Crippen LogP contribution in [0.5, 0.6) is 0 Å². The highest BCUT2D eigenvalue weighted by Gasteiger charge is 2.03. The molecule has 0 unspecified atom stereocenters. The second-order valence-corrected chi connectivity index (χ2v) is 3.24. The number of nitrogens with one attached hydrogen (secondary N) is 1. The molecule has 2 aromatic rings. The maximum atomic E-state index is 4.22. The van der Waals surface area contributed by atoms with Gasteiger partial charge in [-0.1, -0.05) is 6.92 Å². The van der Waals surface area contributed by atoms with E-state index in [2.05, 4.69) is 22.3 Å². The van der Waals surface area contributed by atoms with Gasteiger partial charge in [-0.15, -0.1) is 0 Å². The molecule has 2 heterocycles. The maximum Gasteiger partial charge on any atom is 0.0721 e. The normalized spacial score (nSPS) is 10.5. The first-order valence-corrected chi connectivity index (χ1v) is 5.05. The van der Waals surface area contributed by atoms with Crippen molar-refractivity contribution in [2.45, 2.75) is 13.5 Å². The van der Waals surface area contributed by atoms with E-state index in [4.69, 9.17) is 0 Å². The molecule has 0 radical (unpaired) electrons. The minimum Gasteiger partial charge on any atom is -0.313 e. The third-order valence-electron chi connectivity index (χ3n) is 2.19. The second kappa shape index (κ2) is 4.70. The van der Waals surface area contributed by atoms with E-state index in [0.29, 0.717) is 0 Å². The Hall–Kier alpha value is -1.68. The lowest BCUT2D eigenvalue weighted by Gasteiger charge is -2.08. The lowest BCUT2D eigenvalue weighted by Crippen LogP contribution is -2.14. The SMILES string of the molecule is CCNCc1cnccc1-n1cccn1. The van der Waals surface area contributed by atoms with Crippen molar-refractivity contribution in [3.8, 4) is 5.69 Å². The van der Waals surface area contributed by atoms with Crippen molar-refractivity contribution in [1.82, 2.24) is 20.1 Å². The van der Waals surface area contributed by atoms with Gasteiger partial charge in [0.1, 0.15) is 0 Å². The summed E-state index contributed by atoms with van der Waals surface area (Å²) in [5.74, 6) is 0. The first kappa shape index (κ1) is 9.86. The maximum absolute atomic E-state index is 4.22. The first-order chi connectivity index (χ1) is 7.42. The van der Waals surface area contributed by atoms with E-state index in [1.165, 1.54) is 0 Å². The highest BCUT2D eigenvalue weighted by molar-refractivity contribution is 5.37. The molecular formula is C11H14N4. The van der Waals surface area contributed by atoms with Crippen LogP contribution in [0.4, 0.5) is 0 Å². The molecule has 0 spiro atoms. The van der Waals surface area contributed by atoms with Crippen molar-refractivity contribution >= 4 is 0 Å². The Balaban J connectivity index is 2.30. The first-order valence-electron chi connectivity index (χ1n) is 5.05. The minimum atomic E-state index is 0.819. The molecule has 0 atom stereocenters. The molecule has 78 valence electrons. The van der Waals surface area contributed by atoms with Gasteiger partial charge in [-0.05, 0) is 18.7 Å². The minimum absolute atomic E-state index is 0.819. The lowest BCUT2D eigenvalue weighted by molar-refractivity contribution is 0.714. The van der Waals surface area contributed by atoms with Crippen molar-refractivity contribution in [3.63, 3.8) is 0 Å². The van der Waals surface area contributed by atoms with Gasteiger partial charge in [0.15, 0.2) is 0 Å². The Morgan fingerprint density at radius 1 is 1.40 bits per heavy atom. The van der Waals surface area contributed by atoms with Gasteiger partial charge >= 0.3 is 0 Å². The van der Waals surface area contributed by atoms with Gasteiger partial charge in [0.25, 0.3) is 0 Å². The van der Waals surface area contributed by atoms with Crippen LogP contribution in [0.3, 0.4) is 0 Å². The molecule has 0 aromatic carbocycles. The Morgan fingerprint density at radius 2 is 2.33 bits per heavy atom. The van der Waals surface area contributed by atoms with Gasteiger partial charge in [0.05, 0.1) is 5.69 Å². The van der Waals surface area contributed by atoms with Gasteiger partial charge in [-0.25, -0.2) is 4.68 Å². The molecule has 15 heavy (non-hydrogen) atoms. The standard InChI is InChI=1S/C11H14N4/c1-2-12-8-10-9-13-6-4-11(10)15-7-3-5-14-15/h3-7,9,12H,2,8H2,1H3. The smallest absolute Gasteiger partial charge is 0.0721 e. The average molecular weight is 202 g/mol. The van der Waals surface area contributed by atoms with Crippen molar-refractivity contribution in [2.75, 3.05) is 6.54 Å². The fraction of sp³-hybridized carbons (Fsp3) is 0.273. The summed E-state index contributed by atoms with van der Waals surface area (Å²) in [7, 11) is 0. The number of pyridine rings is 1. The molecule has 0 aliphatic carbocycles. The predicted molar refractivity (Wildman–Crippen MR) is 58.7 cm³/mol. The van der Waals surface area contributed by atoms with E-state index < -0.39 is 0 Å². The summed E-state index contributed by atoms with van der Waals surface area (Å²) in [4.78, 5) is 4.13. The number of rotatable bonds is 4. The molecule has 1 N–H and O–H groups in total. The van der Waals surface area contributed by atoms with Crippen LogP contribution in [0.1, 0.15) is 12.5 Å². The summed E-state index contributed by atoms with van der Waals surface area (Å²) >= 11 is 0. The zero-order valence-electron chi connectivity index (χ0n) is 8.72. The highest BCUT2D eigenvalue weighted by atomic mass is 15.3. The van der Waals surface area contributed by atoms with Crippen LogP contribution in [0.15, 0.2) is 36.9 Å². The molecule has 0 saturated carbocycles. The van der Waals surface area contributed by atoms with Gasteiger partial charge in [-0.2, -0.15) is 5.10 Å². The fourth-order valence-corrected chi connectivity index (χ4v) is 1.45. The van der Waals surface area contributed by atoms with E-state index in [9.17, 15) is 0 Å². The van der Waals surface area contributed by atoms with Crippen LogP contribution in [-0.4, -0.2) is 21.3 Å². The van der Waals surface area contributed by atoms with Crippen molar-refractivity contribution in [1.29, 1.82) is 0 Å². The topological polar surface area (TPSA) is 42.7 Å². The zero-order valence-corrected chi connectivity index (χ0v) is 8.72. The van der Waals surface area contributed by atoms with Crippen LogP contribution in [-0.2, 0) is 6.54 Å². The van der Waals surface area contributed by atoms with Crippen LogP contribution in [0, 0.1) is 0 Å². The number of aromatic nitrogens is 3. The fourth-order valence-electron chi connectivity index (χ4n) is 1.45. The van der Waals surface area contributed by atoms with Gasteiger partial charge in [-0.3, -0.25) is 4.98 Å². The van der Waals surface area contributed by atoms with E-state index >= 15 is 0 Å². The Kier molecular flexibility index (Phi) is 3.09. The van der Waals surface area contributed by atoms with E-state index in [-0.39, 0.29) is 0 Å². The Morgan fingerprint density at radius 3 is 3.07 bits per heavy atom. The molecule has 0 amide bonds. The predicted octanol–water partition coefficient (Wildman–Crippen LogP) is 1.38. The third-order valence-corrected chi connectivity index (χ3v) is 2.19. The summed E-state index contributed by atoms with van der Waals surface area (Å²) in [6, 6.07) is 3.89. The summed E-state index contributed by atoms with van der Waals surface area (Å²) in [6.07, 6.45) is 7.37. The number of hydrogen-bond acceptors (Lipinski definition) is 3. The molecule has 2 rings (SSSR count). The average Bonchev–Trinajstić information content (AvgIpc) is 2.80. The van der Waals surface area contributed by atoms with Crippen LogP contribution >= 0.6 is 0 Å². The summed E-state index contributed by atoms with van der Waals surface area (Å²) in [6.45, 7) is 3.86. The van der Waals surface area contributed by atoms with E-state index in [1.807, 2.05) is 29.2 Å². The summed E-state index contributed by atoms with van der Waals surface area (Å²) < 4.78 is 1.86. The Bertz CT molecular complexity index is 408. The molecule has 0 saturated heterocycles. The van der Waals surface area contributed by atoms with Gasteiger partial charge in [0, 0.05) is 36.9 Å². The summed E-state index contributed by atoms with van der Waals surface area (Å²) in [5.41, 5.74) is 2.24. The van der Waals surface area contributed by atoms with Crippen molar-refractivity contribution < 1.29 is 0 Å². The molecule has 0 aliphatic rings. The zero-order chi connectivity index (χ0) is 10.5. The summed E-state index contributed by atoms with van der Waals surface area (Å²) in [5, 5.41) is 7.50. The molecule has 0 fully saturated rings. The largest absolute Gasteiger partial charge is 0.313 e. The van der Waals surface area contributed by atoms with Crippen molar-refractivity contribution in [2.24, 2.45) is 0 Å². The molecular weight excluding hydrogens is 188 g/mol. The number of nitrogens with zero attached hydrogens (tertiary/aromatic N) is 3. The quantitative estimate of drug-likeness (QED) is 0.814. The second-order valence-electron chi connectivity index (χ2n) is 3.24. The molecule has 4 heteroatoms. The van der Waals surface area contributed by atoms with Crippen molar-refractivity contribution in [3.05, 3.63) is 42.5 Å².